The number of carbonyl (C=O) groups is 2. The molecule has 2 heterocycles. The molecule has 0 spiro atoms. The molecule has 9 nitrogen and oxygen atoms in total. The predicted molar refractivity (Wildman–Crippen MR) is 171 cm³/mol. The van der Waals surface area contributed by atoms with Gasteiger partial charge >= 0.3 is 0 Å². The van der Waals surface area contributed by atoms with Gasteiger partial charge in [-0.1, -0.05) is 18.2 Å². The second-order valence-corrected chi connectivity index (χ2v) is 14.6. The standard InChI is InChI=1S/C34H34FN5O4S/c1-40-18-22-15-23(7-12-30(22)45(43,44)25-8-9-25)38-31(41)13-5-20-14-21(4-10-26(20)19-2-3-19)32(34(40)42)39-24-6-11-27-28(16-24)29(35)17-37-33(27)36/h4,6-7,10-12,14-17,19,25,32,39H,2-3,5,8-9,13,18H2,1H3,(H2,36,37)(H,38,41)/t32-/m1/s1. The molecule has 11 heteroatoms. The summed E-state index contributed by atoms with van der Waals surface area (Å²) in [6, 6.07) is 14.9. The molecule has 4 N–H and O–H groups in total. The number of pyridine rings is 1. The molecule has 1 aromatic heterocycles. The molecule has 2 saturated carbocycles. The van der Waals surface area contributed by atoms with Crippen LogP contribution >= 0.6 is 0 Å². The molecule has 1 atom stereocenters. The van der Waals surface area contributed by atoms with E-state index in [2.05, 4.69) is 15.6 Å². The van der Waals surface area contributed by atoms with Gasteiger partial charge in [0.05, 0.1) is 16.3 Å². The van der Waals surface area contributed by atoms with Crippen molar-refractivity contribution in [3.8, 4) is 0 Å². The smallest absolute Gasteiger partial charge is 0.249 e. The zero-order valence-electron chi connectivity index (χ0n) is 24.8. The van der Waals surface area contributed by atoms with Gasteiger partial charge < -0.3 is 21.3 Å². The molecule has 7 rings (SSSR count). The predicted octanol–water partition coefficient (Wildman–Crippen LogP) is 5.47. The van der Waals surface area contributed by atoms with Crippen molar-refractivity contribution in [3.63, 3.8) is 0 Å². The zero-order valence-corrected chi connectivity index (χ0v) is 25.7. The number of benzene rings is 3. The fraction of sp³-hybridized carbons (Fsp3) is 0.324. The SMILES string of the molecule is CN1Cc2cc(ccc2S(=O)(=O)C2CC2)NC(=O)CCc2cc(ccc2C2CC2)[C@@H](Nc2ccc3c(N)ncc(F)c3c2)C1=O. The van der Waals surface area contributed by atoms with Gasteiger partial charge in [0.2, 0.25) is 11.8 Å². The van der Waals surface area contributed by atoms with Crippen molar-refractivity contribution >= 4 is 49.6 Å². The van der Waals surface area contributed by atoms with Gasteiger partial charge in [0, 0.05) is 42.2 Å². The molecule has 2 amide bonds. The second-order valence-electron chi connectivity index (χ2n) is 12.4. The molecule has 45 heavy (non-hydrogen) atoms. The first-order valence-electron chi connectivity index (χ1n) is 15.2. The van der Waals surface area contributed by atoms with E-state index in [1.807, 2.05) is 18.2 Å². The highest BCUT2D eigenvalue weighted by molar-refractivity contribution is 7.92. The number of aromatic nitrogens is 1. The second kappa shape index (κ2) is 11.1. The van der Waals surface area contributed by atoms with Crippen LogP contribution in [-0.4, -0.2) is 42.4 Å². The highest BCUT2D eigenvalue weighted by atomic mass is 32.2. The number of aryl methyl sites for hydroxylation is 1. The van der Waals surface area contributed by atoms with Gasteiger partial charge in [-0.25, -0.2) is 17.8 Å². The maximum Gasteiger partial charge on any atom is 0.249 e. The number of halogens is 1. The van der Waals surface area contributed by atoms with Gasteiger partial charge in [0.15, 0.2) is 9.84 Å². The maximum absolute atomic E-state index is 14.8. The number of nitrogens with zero attached hydrogens (tertiary/aromatic N) is 2. The molecular weight excluding hydrogens is 593 g/mol. The van der Waals surface area contributed by atoms with Gasteiger partial charge in [-0.05, 0) is 96.7 Å². The van der Waals surface area contributed by atoms with Crippen molar-refractivity contribution in [2.75, 3.05) is 23.4 Å². The lowest BCUT2D eigenvalue weighted by Crippen LogP contribution is -2.35. The molecule has 3 aromatic carbocycles. The quantitative estimate of drug-likeness (QED) is 0.267. The van der Waals surface area contributed by atoms with Crippen molar-refractivity contribution < 1.29 is 22.4 Å². The summed E-state index contributed by atoms with van der Waals surface area (Å²) >= 11 is 0. The van der Waals surface area contributed by atoms with Crippen molar-refractivity contribution in [1.29, 1.82) is 0 Å². The van der Waals surface area contributed by atoms with Crippen LogP contribution in [0.2, 0.25) is 0 Å². The molecule has 4 aromatic rings. The molecular formula is C34H34FN5O4S. The number of nitrogen functional groups attached to an aromatic ring is 1. The van der Waals surface area contributed by atoms with Gasteiger partial charge in [-0.15, -0.1) is 0 Å². The number of carbonyl (C=O) groups excluding carboxylic acids is 2. The highest BCUT2D eigenvalue weighted by Gasteiger charge is 2.38. The summed E-state index contributed by atoms with van der Waals surface area (Å²) in [4.78, 5) is 33.0. The maximum atomic E-state index is 14.8. The summed E-state index contributed by atoms with van der Waals surface area (Å²) in [7, 11) is -1.95. The number of nitrogens with one attached hydrogen (secondary N) is 2. The van der Waals surface area contributed by atoms with Crippen LogP contribution in [-0.2, 0) is 32.4 Å². The fourth-order valence-corrected chi connectivity index (χ4v) is 8.09. The summed E-state index contributed by atoms with van der Waals surface area (Å²) in [6.07, 6.45) is 5.16. The number of nitrogens with two attached hydrogens (primary N) is 1. The van der Waals surface area contributed by atoms with Crippen molar-refractivity contribution in [3.05, 3.63) is 88.9 Å². The van der Waals surface area contributed by atoms with E-state index in [-0.39, 0.29) is 40.9 Å². The van der Waals surface area contributed by atoms with Crippen LogP contribution < -0.4 is 16.4 Å². The third-order valence-electron chi connectivity index (χ3n) is 8.96. The van der Waals surface area contributed by atoms with E-state index in [1.165, 1.54) is 16.5 Å². The van der Waals surface area contributed by atoms with Crippen LogP contribution in [0.15, 0.2) is 65.7 Å². The van der Waals surface area contributed by atoms with Crippen LogP contribution in [0.5, 0.6) is 0 Å². The summed E-state index contributed by atoms with van der Waals surface area (Å²) in [5, 5.41) is 6.56. The lowest BCUT2D eigenvalue weighted by Gasteiger charge is -2.28. The van der Waals surface area contributed by atoms with Crippen LogP contribution in [0.3, 0.4) is 0 Å². The third-order valence-corrected chi connectivity index (χ3v) is 11.3. The summed E-state index contributed by atoms with van der Waals surface area (Å²) < 4.78 is 41.5. The number of hydrogen-bond acceptors (Lipinski definition) is 7. The van der Waals surface area contributed by atoms with E-state index in [0.717, 1.165) is 24.6 Å². The third kappa shape index (κ3) is 5.72. The number of fused-ring (bicyclic) bond motifs is 5. The van der Waals surface area contributed by atoms with E-state index in [4.69, 9.17) is 5.73 Å². The number of amides is 2. The average molecular weight is 628 g/mol. The van der Waals surface area contributed by atoms with E-state index >= 15 is 0 Å². The van der Waals surface area contributed by atoms with Gasteiger partial charge in [-0.3, -0.25) is 9.59 Å². The molecule has 0 saturated heterocycles. The average Bonchev–Trinajstić information content (AvgIpc) is 3.93. The summed E-state index contributed by atoms with van der Waals surface area (Å²) in [6.45, 7) is 0.00355. The molecule has 2 fully saturated rings. The largest absolute Gasteiger partial charge is 0.383 e. The lowest BCUT2D eigenvalue weighted by atomic mass is 9.93. The Labute approximate surface area is 260 Å². The Bertz CT molecular complexity index is 1970. The Balaban J connectivity index is 1.32. The molecule has 4 bridgehead atoms. The summed E-state index contributed by atoms with van der Waals surface area (Å²) in [5.74, 6) is -0.358. The van der Waals surface area contributed by atoms with E-state index in [0.29, 0.717) is 53.1 Å². The topological polar surface area (TPSA) is 134 Å². The Kier molecular flexibility index (Phi) is 7.23. The number of sulfone groups is 1. The van der Waals surface area contributed by atoms with Gasteiger partial charge in [-0.2, -0.15) is 0 Å². The van der Waals surface area contributed by atoms with E-state index < -0.39 is 26.9 Å². The van der Waals surface area contributed by atoms with Crippen LogP contribution in [0.1, 0.15) is 66.3 Å². The fourth-order valence-electron chi connectivity index (χ4n) is 6.23. The first kappa shape index (κ1) is 29.2. The minimum absolute atomic E-state index is 0.00355. The zero-order chi connectivity index (χ0) is 31.5. The number of likely N-dealkylation sites (N-methyl/N-ethyl adjacent to an activating group) is 1. The van der Waals surface area contributed by atoms with Crippen molar-refractivity contribution in [2.24, 2.45) is 0 Å². The molecule has 0 unspecified atom stereocenters. The van der Waals surface area contributed by atoms with Gasteiger partial charge in [0.25, 0.3) is 0 Å². The molecule has 0 radical (unpaired) electrons. The molecule has 3 aliphatic rings. The Morgan fingerprint density at radius 2 is 1.76 bits per heavy atom. The minimum Gasteiger partial charge on any atom is -0.383 e. The molecule has 232 valence electrons. The Morgan fingerprint density at radius 1 is 0.956 bits per heavy atom. The number of rotatable bonds is 5. The first-order chi connectivity index (χ1) is 21.6. The monoisotopic (exact) mass is 627 g/mol. The van der Waals surface area contributed by atoms with Crippen LogP contribution in [0.25, 0.3) is 10.8 Å². The van der Waals surface area contributed by atoms with Crippen molar-refractivity contribution in [1.82, 2.24) is 9.88 Å². The lowest BCUT2D eigenvalue weighted by molar-refractivity contribution is -0.131. The van der Waals surface area contributed by atoms with E-state index in [9.17, 15) is 22.4 Å². The van der Waals surface area contributed by atoms with E-state index in [1.54, 1.807) is 37.4 Å². The Hall–Kier alpha value is -4.51. The first-order valence-corrected chi connectivity index (χ1v) is 16.8. The molecule has 1 aliphatic heterocycles. The van der Waals surface area contributed by atoms with Gasteiger partial charge in [0.1, 0.15) is 17.7 Å². The number of anilines is 3. The number of hydrogen-bond donors (Lipinski definition) is 3. The summed E-state index contributed by atoms with van der Waals surface area (Å²) in [5.41, 5.74) is 10.3. The highest BCUT2D eigenvalue weighted by Crippen LogP contribution is 2.43. The Morgan fingerprint density at radius 3 is 2.51 bits per heavy atom. The normalized spacial score (nSPS) is 19.2. The minimum atomic E-state index is -3.58. The van der Waals surface area contributed by atoms with Crippen LogP contribution in [0.4, 0.5) is 21.6 Å². The van der Waals surface area contributed by atoms with Crippen molar-refractivity contribution in [2.45, 2.75) is 67.2 Å². The van der Waals surface area contributed by atoms with Crippen LogP contribution in [0, 0.1) is 5.82 Å². The molecule has 2 aliphatic carbocycles.